The number of nitrogens with zero attached hydrogens (tertiary/aromatic N) is 1. The van der Waals surface area contributed by atoms with E-state index >= 15 is 0 Å². The van der Waals surface area contributed by atoms with Crippen molar-refractivity contribution < 1.29 is 8.78 Å². The highest BCUT2D eigenvalue weighted by atomic mass is 19.1. The second-order valence-electron chi connectivity index (χ2n) is 3.95. The summed E-state index contributed by atoms with van der Waals surface area (Å²) in [7, 11) is 0. The molecule has 0 saturated heterocycles. The number of fused-ring (bicyclic) bond motifs is 1. The summed E-state index contributed by atoms with van der Waals surface area (Å²) in [5.74, 6) is -0.542. The van der Waals surface area contributed by atoms with Gasteiger partial charge in [-0.1, -0.05) is 6.07 Å². The lowest BCUT2D eigenvalue weighted by Crippen LogP contribution is -1.94. The minimum Gasteiger partial charge on any atom is -0.398 e. The zero-order chi connectivity index (χ0) is 12.7. The van der Waals surface area contributed by atoms with Gasteiger partial charge in [-0.05, 0) is 30.3 Å². The lowest BCUT2D eigenvalue weighted by molar-refractivity contribution is 0.629. The van der Waals surface area contributed by atoms with E-state index in [1.165, 1.54) is 30.3 Å². The standard InChI is InChI=1S/C13H9F2N3/c14-7-4-5-10-11(6-7)18-13(17-10)12-8(15)2-1-3-9(12)16/h1-6H,16H2,(H,17,18). The fraction of sp³-hybridized carbons (Fsp3) is 0. The molecule has 0 radical (unpaired) electrons. The van der Waals surface area contributed by atoms with Crippen LogP contribution in [0.3, 0.4) is 0 Å². The van der Waals surface area contributed by atoms with Crippen molar-refractivity contribution in [3.8, 4) is 11.4 Å². The first-order valence-corrected chi connectivity index (χ1v) is 5.35. The van der Waals surface area contributed by atoms with Crippen LogP contribution in [0, 0.1) is 11.6 Å². The third-order valence-electron chi connectivity index (χ3n) is 2.73. The topological polar surface area (TPSA) is 54.7 Å². The molecule has 3 aromatic rings. The van der Waals surface area contributed by atoms with Gasteiger partial charge in [-0.3, -0.25) is 0 Å². The molecule has 0 aliphatic carbocycles. The second kappa shape index (κ2) is 3.80. The fourth-order valence-corrected chi connectivity index (χ4v) is 1.89. The van der Waals surface area contributed by atoms with Crippen LogP contribution in [0.25, 0.3) is 22.4 Å². The molecule has 0 aliphatic rings. The summed E-state index contributed by atoms with van der Waals surface area (Å²) in [6.45, 7) is 0. The van der Waals surface area contributed by atoms with Gasteiger partial charge in [0.25, 0.3) is 0 Å². The number of nitrogens with two attached hydrogens (primary N) is 1. The lowest BCUT2D eigenvalue weighted by atomic mass is 10.1. The molecule has 2 aromatic carbocycles. The third kappa shape index (κ3) is 1.60. The normalized spacial score (nSPS) is 11.0. The molecular formula is C13H9F2N3. The van der Waals surface area contributed by atoms with Crippen molar-refractivity contribution in [3.05, 3.63) is 48.0 Å². The molecule has 0 fully saturated rings. The zero-order valence-electron chi connectivity index (χ0n) is 9.24. The van der Waals surface area contributed by atoms with Crippen LogP contribution in [0.2, 0.25) is 0 Å². The van der Waals surface area contributed by atoms with Gasteiger partial charge in [0.2, 0.25) is 0 Å². The molecule has 0 atom stereocenters. The number of rotatable bonds is 1. The van der Waals surface area contributed by atoms with Crippen LogP contribution < -0.4 is 5.73 Å². The first kappa shape index (κ1) is 10.7. The minimum atomic E-state index is -0.463. The predicted molar refractivity (Wildman–Crippen MR) is 65.9 cm³/mol. The van der Waals surface area contributed by atoms with Crippen LogP contribution in [0.1, 0.15) is 0 Å². The Hall–Kier alpha value is -2.43. The van der Waals surface area contributed by atoms with E-state index in [2.05, 4.69) is 9.97 Å². The number of H-pyrrole nitrogens is 1. The van der Waals surface area contributed by atoms with Crippen molar-refractivity contribution in [1.29, 1.82) is 0 Å². The highest BCUT2D eigenvalue weighted by Crippen LogP contribution is 2.28. The number of anilines is 1. The molecule has 1 heterocycles. The first-order valence-electron chi connectivity index (χ1n) is 5.35. The predicted octanol–water partition coefficient (Wildman–Crippen LogP) is 3.09. The lowest BCUT2D eigenvalue weighted by Gasteiger charge is -2.02. The minimum absolute atomic E-state index is 0.203. The van der Waals surface area contributed by atoms with Crippen LogP contribution in [-0.2, 0) is 0 Å². The Morgan fingerprint density at radius 3 is 2.72 bits per heavy atom. The Balaban J connectivity index is 2.26. The molecule has 90 valence electrons. The maximum absolute atomic E-state index is 13.7. The summed E-state index contributed by atoms with van der Waals surface area (Å²) < 4.78 is 26.8. The molecule has 3 nitrogen and oxygen atoms in total. The van der Waals surface area contributed by atoms with Gasteiger partial charge in [0.15, 0.2) is 0 Å². The van der Waals surface area contributed by atoms with Gasteiger partial charge in [-0.25, -0.2) is 13.8 Å². The molecule has 18 heavy (non-hydrogen) atoms. The van der Waals surface area contributed by atoms with E-state index in [9.17, 15) is 8.78 Å². The number of hydrogen-bond donors (Lipinski definition) is 2. The van der Waals surface area contributed by atoms with Crippen molar-refractivity contribution in [1.82, 2.24) is 9.97 Å². The van der Waals surface area contributed by atoms with Gasteiger partial charge in [0.1, 0.15) is 17.5 Å². The van der Waals surface area contributed by atoms with Crippen molar-refractivity contribution in [2.75, 3.05) is 5.73 Å². The number of aromatic amines is 1. The van der Waals surface area contributed by atoms with Gasteiger partial charge in [0.05, 0.1) is 16.6 Å². The van der Waals surface area contributed by atoms with E-state index in [1.807, 2.05) is 0 Å². The molecular weight excluding hydrogens is 236 g/mol. The summed E-state index contributed by atoms with van der Waals surface area (Å²) in [5, 5.41) is 0. The largest absolute Gasteiger partial charge is 0.398 e. The molecule has 0 spiro atoms. The van der Waals surface area contributed by atoms with Crippen molar-refractivity contribution in [3.63, 3.8) is 0 Å². The van der Waals surface area contributed by atoms with Gasteiger partial charge < -0.3 is 10.7 Å². The summed E-state index contributed by atoms with van der Waals surface area (Å²) >= 11 is 0. The van der Waals surface area contributed by atoms with E-state index in [0.717, 1.165) is 0 Å². The second-order valence-corrected chi connectivity index (χ2v) is 3.95. The van der Waals surface area contributed by atoms with E-state index in [-0.39, 0.29) is 17.1 Å². The number of hydrogen-bond acceptors (Lipinski definition) is 2. The summed E-state index contributed by atoms with van der Waals surface area (Å²) in [6, 6.07) is 8.56. The fourth-order valence-electron chi connectivity index (χ4n) is 1.89. The SMILES string of the molecule is Nc1cccc(F)c1-c1nc2ccc(F)cc2[nH]1. The number of aromatic nitrogens is 2. The maximum atomic E-state index is 13.7. The van der Waals surface area contributed by atoms with Crippen LogP contribution in [0.15, 0.2) is 36.4 Å². The molecule has 0 aliphatic heterocycles. The Morgan fingerprint density at radius 2 is 1.94 bits per heavy atom. The molecule has 3 rings (SSSR count). The third-order valence-corrected chi connectivity index (χ3v) is 2.73. The number of imidazole rings is 1. The van der Waals surface area contributed by atoms with Crippen LogP contribution in [0.5, 0.6) is 0 Å². The number of halogens is 2. The highest BCUT2D eigenvalue weighted by molar-refractivity contribution is 5.82. The summed E-state index contributed by atoms with van der Waals surface area (Å²) in [6.07, 6.45) is 0. The molecule has 3 N–H and O–H groups in total. The molecule has 0 unspecified atom stereocenters. The molecule has 1 aromatic heterocycles. The molecule has 0 bridgehead atoms. The van der Waals surface area contributed by atoms with E-state index in [4.69, 9.17) is 5.73 Å². The summed E-state index contributed by atoms with van der Waals surface area (Å²) in [5.41, 5.74) is 7.29. The van der Waals surface area contributed by atoms with E-state index in [1.54, 1.807) is 6.07 Å². The van der Waals surface area contributed by atoms with Crippen LogP contribution in [0.4, 0.5) is 14.5 Å². The maximum Gasteiger partial charge on any atom is 0.143 e. The van der Waals surface area contributed by atoms with Gasteiger partial charge in [-0.2, -0.15) is 0 Å². The molecule has 0 saturated carbocycles. The van der Waals surface area contributed by atoms with E-state index in [0.29, 0.717) is 16.9 Å². The monoisotopic (exact) mass is 245 g/mol. The van der Waals surface area contributed by atoms with Crippen molar-refractivity contribution in [2.24, 2.45) is 0 Å². The smallest absolute Gasteiger partial charge is 0.143 e. The molecule has 5 heteroatoms. The van der Waals surface area contributed by atoms with Crippen molar-refractivity contribution in [2.45, 2.75) is 0 Å². The summed E-state index contributed by atoms with van der Waals surface area (Å²) in [4.78, 5) is 7.07. The average Bonchev–Trinajstić information content (AvgIpc) is 2.71. The van der Waals surface area contributed by atoms with Crippen LogP contribution >= 0.6 is 0 Å². The highest BCUT2D eigenvalue weighted by Gasteiger charge is 2.13. The van der Waals surface area contributed by atoms with Gasteiger partial charge in [0, 0.05) is 5.69 Å². The first-order chi connectivity index (χ1) is 8.65. The zero-order valence-corrected chi connectivity index (χ0v) is 9.24. The average molecular weight is 245 g/mol. The number of benzene rings is 2. The number of nitrogen functional groups attached to an aromatic ring is 1. The van der Waals surface area contributed by atoms with Crippen molar-refractivity contribution >= 4 is 16.7 Å². The van der Waals surface area contributed by atoms with Crippen LogP contribution in [-0.4, -0.2) is 9.97 Å². The quantitative estimate of drug-likeness (QED) is 0.647. The Labute approximate surface area is 101 Å². The Morgan fingerprint density at radius 1 is 1.11 bits per heavy atom. The van der Waals surface area contributed by atoms with Gasteiger partial charge in [-0.15, -0.1) is 0 Å². The molecule has 0 amide bonds. The van der Waals surface area contributed by atoms with E-state index < -0.39 is 5.82 Å². The Bertz CT molecular complexity index is 714. The number of nitrogens with one attached hydrogen (secondary N) is 1. The Kier molecular flexibility index (Phi) is 2.26. The van der Waals surface area contributed by atoms with Gasteiger partial charge >= 0.3 is 0 Å².